The fourth-order valence-corrected chi connectivity index (χ4v) is 2.79. The van der Waals surface area contributed by atoms with Crippen molar-refractivity contribution in [1.29, 1.82) is 0 Å². The van der Waals surface area contributed by atoms with E-state index in [1.54, 1.807) is 0 Å². The minimum atomic E-state index is -0.00686. The highest BCUT2D eigenvalue weighted by molar-refractivity contribution is 5.23. The van der Waals surface area contributed by atoms with E-state index < -0.39 is 0 Å². The largest absolute Gasteiger partial charge is 0.392 e. The fourth-order valence-electron chi connectivity index (χ4n) is 2.79. The van der Waals surface area contributed by atoms with Crippen LogP contribution in [0, 0.1) is 17.8 Å². The van der Waals surface area contributed by atoms with Crippen LogP contribution in [0.2, 0.25) is 0 Å². The number of fused-ring (bicyclic) bond motifs is 2. The van der Waals surface area contributed by atoms with E-state index >= 15 is 0 Å². The molecule has 0 heterocycles. The maximum atomic E-state index is 8.96. The van der Waals surface area contributed by atoms with Gasteiger partial charge in [-0.2, -0.15) is 0 Å². The van der Waals surface area contributed by atoms with Crippen molar-refractivity contribution in [2.24, 2.45) is 17.8 Å². The van der Waals surface area contributed by atoms with Gasteiger partial charge >= 0.3 is 0 Å². The minimum Gasteiger partial charge on any atom is -0.392 e. The molecule has 2 bridgehead atoms. The van der Waals surface area contributed by atoms with E-state index in [4.69, 9.17) is 10.2 Å². The van der Waals surface area contributed by atoms with Gasteiger partial charge in [0.1, 0.15) is 0 Å². The molecular weight excluding hydrogens is 176 g/mol. The van der Waals surface area contributed by atoms with Crippen LogP contribution in [-0.4, -0.2) is 23.4 Å². The molecule has 0 aromatic carbocycles. The van der Waals surface area contributed by atoms with Crippen LogP contribution in [0.3, 0.4) is 0 Å². The Balaban J connectivity index is 2.06. The molecule has 2 aliphatic carbocycles. The van der Waals surface area contributed by atoms with Crippen molar-refractivity contribution in [3.05, 3.63) is 23.3 Å². The van der Waals surface area contributed by atoms with Gasteiger partial charge in [-0.25, -0.2) is 0 Å². The SMILES string of the molecule is CC1=C[C@@H]2C[C@H]1C[C@H]2C=C(CO)CO. The van der Waals surface area contributed by atoms with Gasteiger partial charge in [0.25, 0.3) is 0 Å². The molecule has 2 rings (SSSR count). The van der Waals surface area contributed by atoms with Crippen molar-refractivity contribution < 1.29 is 10.2 Å². The summed E-state index contributed by atoms with van der Waals surface area (Å²) in [5, 5.41) is 17.9. The zero-order valence-electron chi connectivity index (χ0n) is 8.61. The molecule has 0 spiro atoms. The van der Waals surface area contributed by atoms with E-state index in [1.807, 2.05) is 0 Å². The van der Waals surface area contributed by atoms with Crippen LogP contribution in [0.5, 0.6) is 0 Å². The predicted molar refractivity (Wildman–Crippen MR) is 55.7 cm³/mol. The van der Waals surface area contributed by atoms with Crippen molar-refractivity contribution in [2.45, 2.75) is 19.8 Å². The van der Waals surface area contributed by atoms with Gasteiger partial charge in [0, 0.05) is 0 Å². The molecule has 0 amide bonds. The van der Waals surface area contributed by atoms with Gasteiger partial charge in [-0.05, 0) is 43.1 Å². The summed E-state index contributed by atoms with van der Waals surface area (Å²) in [5.74, 6) is 1.98. The lowest BCUT2D eigenvalue weighted by atomic mass is 9.89. The van der Waals surface area contributed by atoms with E-state index in [0.29, 0.717) is 11.8 Å². The number of hydrogen-bond donors (Lipinski definition) is 2. The molecule has 1 saturated carbocycles. The number of rotatable bonds is 3. The Labute approximate surface area is 85.0 Å². The molecule has 2 N–H and O–H groups in total. The van der Waals surface area contributed by atoms with E-state index in [1.165, 1.54) is 18.4 Å². The molecule has 2 aliphatic rings. The molecule has 0 radical (unpaired) electrons. The quantitative estimate of drug-likeness (QED) is 0.668. The van der Waals surface area contributed by atoms with Crippen LogP contribution < -0.4 is 0 Å². The third-order valence-electron chi connectivity index (χ3n) is 3.64. The molecule has 0 saturated heterocycles. The molecule has 2 nitrogen and oxygen atoms in total. The van der Waals surface area contributed by atoms with Crippen LogP contribution in [-0.2, 0) is 0 Å². The summed E-state index contributed by atoms with van der Waals surface area (Å²) >= 11 is 0. The Morgan fingerprint density at radius 1 is 1.43 bits per heavy atom. The first-order valence-corrected chi connectivity index (χ1v) is 5.34. The average Bonchev–Trinajstić information content (AvgIpc) is 2.72. The molecule has 3 atom stereocenters. The number of aliphatic hydroxyl groups is 2. The lowest BCUT2D eigenvalue weighted by Gasteiger charge is -2.17. The summed E-state index contributed by atoms with van der Waals surface area (Å²) in [6.45, 7) is 2.20. The highest BCUT2D eigenvalue weighted by Gasteiger charge is 2.37. The standard InChI is InChI=1S/C12H18O2/c1-8-2-11-4-10(8)5-12(11)3-9(6-13)7-14/h2-3,10-14H,4-7H2,1H3/t10-,11+,12+/m0/s1. The van der Waals surface area contributed by atoms with Gasteiger partial charge < -0.3 is 10.2 Å². The topological polar surface area (TPSA) is 40.5 Å². The van der Waals surface area contributed by atoms with E-state index in [-0.39, 0.29) is 13.2 Å². The first-order chi connectivity index (χ1) is 6.74. The molecule has 0 unspecified atom stereocenters. The van der Waals surface area contributed by atoms with Gasteiger partial charge in [-0.1, -0.05) is 17.7 Å². The zero-order valence-corrected chi connectivity index (χ0v) is 8.61. The van der Waals surface area contributed by atoms with E-state index in [0.717, 1.165) is 11.5 Å². The van der Waals surface area contributed by atoms with Crippen molar-refractivity contribution >= 4 is 0 Å². The number of allylic oxidation sites excluding steroid dienone is 3. The van der Waals surface area contributed by atoms with Crippen molar-refractivity contribution in [3.63, 3.8) is 0 Å². The van der Waals surface area contributed by atoms with Gasteiger partial charge in [-0.3, -0.25) is 0 Å². The highest BCUT2D eigenvalue weighted by Crippen LogP contribution is 2.48. The smallest absolute Gasteiger partial charge is 0.0663 e. The summed E-state index contributed by atoms with van der Waals surface area (Å²) in [4.78, 5) is 0. The molecule has 1 fully saturated rings. The lowest BCUT2D eigenvalue weighted by molar-refractivity contribution is 0.274. The first-order valence-electron chi connectivity index (χ1n) is 5.34. The second-order valence-corrected chi connectivity index (χ2v) is 4.55. The van der Waals surface area contributed by atoms with E-state index in [2.05, 4.69) is 19.1 Å². The Morgan fingerprint density at radius 2 is 2.14 bits per heavy atom. The van der Waals surface area contributed by atoms with Gasteiger partial charge in [-0.15, -0.1) is 0 Å². The predicted octanol–water partition coefficient (Wildman–Crippen LogP) is 1.50. The summed E-state index contributed by atoms with van der Waals surface area (Å²) < 4.78 is 0. The second-order valence-electron chi connectivity index (χ2n) is 4.55. The van der Waals surface area contributed by atoms with Crippen molar-refractivity contribution in [3.8, 4) is 0 Å². The molecule has 0 aliphatic heterocycles. The number of aliphatic hydroxyl groups excluding tert-OH is 2. The van der Waals surface area contributed by atoms with Crippen LogP contribution in [0.1, 0.15) is 19.8 Å². The maximum absolute atomic E-state index is 8.96. The summed E-state index contributed by atoms with van der Waals surface area (Å²) in [5.41, 5.74) is 2.31. The van der Waals surface area contributed by atoms with Gasteiger partial charge in [0.05, 0.1) is 13.2 Å². The van der Waals surface area contributed by atoms with Crippen LogP contribution in [0.4, 0.5) is 0 Å². The zero-order chi connectivity index (χ0) is 10.1. The van der Waals surface area contributed by atoms with Crippen LogP contribution in [0.25, 0.3) is 0 Å². The Bertz CT molecular complexity index is 272. The van der Waals surface area contributed by atoms with E-state index in [9.17, 15) is 0 Å². The van der Waals surface area contributed by atoms with Gasteiger partial charge in [0.2, 0.25) is 0 Å². The third kappa shape index (κ3) is 1.64. The third-order valence-corrected chi connectivity index (χ3v) is 3.64. The fraction of sp³-hybridized carbons (Fsp3) is 0.667. The second kappa shape index (κ2) is 3.87. The van der Waals surface area contributed by atoms with Gasteiger partial charge in [0.15, 0.2) is 0 Å². The molecule has 14 heavy (non-hydrogen) atoms. The number of hydrogen-bond acceptors (Lipinski definition) is 2. The minimum absolute atomic E-state index is 0.00686. The molecule has 2 heteroatoms. The first kappa shape index (κ1) is 9.94. The maximum Gasteiger partial charge on any atom is 0.0663 e. The average molecular weight is 194 g/mol. The molecular formula is C12H18O2. The molecule has 0 aromatic rings. The Kier molecular flexibility index (Phi) is 2.75. The normalized spacial score (nSPS) is 34.5. The summed E-state index contributed by atoms with van der Waals surface area (Å²) in [7, 11) is 0. The monoisotopic (exact) mass is 194 g/mol. The Morgan fingerprint density at radius 3 is 2.57 bits per heavy atom. The molecule has 78 valence electrons. The lowest BCUT2D eigenvalue weighted by Crippen LogP contribution is -2.08. The van der Waals surface area contributed by atoms with Crippen molar-refractivity contribution in [1.82, 2.24) is 0 Å². The highest BCUT2D eigenvalue weighted by atomic mass is 16.3. The van der Waals surface area contributed by atoms with Crippen LogP contribution in [0.15, 0.2) is 23.3 Å². The van der Waals surface area contributed by atoms with Crippen molar-refractivity contribution in [2.75, 3.05) is 13.2 Å². The summed E-state index contributed by atoms with van der Waals surface area (Å²) in [6.07, 6.45) is 6.92. The summed E-state index contributed by atoms with van der Waals surface area (Å²) in [6, 6.07) is 0. The van der Waals surface area contributed by atoms with Crippen LogP contribution >= 0.6 is 0 Å². The molecule has 0 aromatic heterocycles. The Hall–Kier alpha value is -0.600.